The predicted molar refractivity (Wildman–Crippen MR) is 150 cm³/mol. The van der Waals surface area contributed by atoms with Crippen LogP contribution in [0.25, 0.3) is 16.4 Å². The maximum Gasteiger partial charge on any atom is 0.236 e. The molecular weight excluding hydrogens is 515 g/mol. The Morgan fingerprint density at radius 3 is 2.83 bits per heavy atom. The first-order valence-electron chi connectivity index (χ1n) is 13.8. The third kappa shape index (κ3) is 5.60. The van der Waals surface area contributed by atoms with Gasteiger partial charge >= 0.3 is 0 Å². The van der Waals surface area contributed by atoms with Gasteiger partial charge in [-0.1, -0.05) is 38.8 Å². The highest BCUT2D eigenvalue weighted by atomic mass is 19.1. The lowest BCUT2D eigenvalue weighted by atomic mass is 9.80. The van der Waals surface area contributed by atoms with Gasteiger partial charge in [0.2, 0.25) is 6.41 Å². The van der Waals surface area contributed by atoms with Crippen LogP contribution in [0.2, 0.25) is 0 Å². The lowest BCUT2D eigenvalue weighted by Crippen LogP contribution is -2.34. The number of benzene rings is 1. The largest absolute Gasteiger partial charge is 0.390 e. The van der Waals surface area contributed by atoms with E-state index in [-0.39, 0.29) is 11.3 Å². The topological polar surface area (TPSA) is 151 Å². The average Bonchev–Trinajstić information content (AvgIpc) is 3.39. The van der Waals surface area contributed by atoms with E-state index in [4.69, 9.17) is 10.5 Å². The van der Waals surface area contributed by atoms with Crippen molar-refractivity contribution in [2.75, 3.05) is 17.7 Å². The lowest BCUT2D eigenvalue weighted by molar-refractivity contribution is -0.0792. The number of nitrogens with one attached hydrogen (secondary N) is 1. The Labute approximate surface area is 232 Å². The molecule has 0 bridgehead atoms. The van der Waals surface area contributed by atoms with Crippen molar-refractivity contribution in [3.8, 4) is 0 Å². The number of unbranched alkanes of at least 4 members (excludes halogenated alkanes) is 2. The highest BCUT2D eigenvalue weighted by molar-refractivity contribution is 5.81. The maximum absolute atomic E-state index is 14.7. The number of ether oxygens (including phenoxy) is 1. The molecule has 3 heterocycles. The summed E-state index contributed by atoms with van der Waals surface area (Å²) in [6, 6.07) is 11.0. The number of nitrogens with two attached hydrogens (primary N) is 1. The standard InChI is InChI=1S/C29H37FN6O4/c1-3-4-5-12-40-28(39)35-23-9-8-18-7-6-17(13-21(18)34-23)10-11-29(2)15-19(25(37)26(29)38)22-14-20(30)24-27(31)32-16-33-36(22)24/h6-9,13-14,16,19,25-26,28,37-39H,3-5,10-12,15H2,1-2H3,(H,34,35)(H2,31,32,33)/t19-,25-,26-,28?,29-/m0/s1. The number of aryl methyl sites for hydroxylation is 1. The molecule has 1 aliphatic rings. The molecule has 1 unspecified atom stereocenters. The molecule has 5 rings (SSSR count). The summed E-state index contributed by atoms with van der Waals surface area (Å²) in [6.07, 6.45) is 2.72. The summed E-state index contributed by atoms with van der Waals surface area (Å²) in [7, 11) is 0. The van der Waals surface area contributed by atoms with Crippen molar-refractivity contribution in [1.29, 1.82) is 0 Å². The summed E-state index contributed by atoms with van der Waals surface area (Å²) in [5.74, 6) is -0.551. The number of halogens is 1. The molecule has 0 spiro atoms. The van der Waals surface area contributed by atoms with Crippen molar-refractivity contribution in [1.82, 2.24) is 19.6 Å². The van der Waals surface area contributed by atoms with Crippen LogP contribution in [0.1, 0.15) is 63.1 Å². The normalized spacial score (nSPS) is 23.7. The van der Waals surface area contributed by atoms with E-state index in [1.54, 1.807) is 6.07 Å². The molecule has 214 valence electrons. The molecule has 1 saturated carbocycles. The molecule has 0 saturated heterocycles. The molecule has 3 aromatic heterocycles. The van der Waals surface area contributed by atoms with Gasteiger partial charge in [-0.25, -0.2) is 18.9 Å². The van der Waals surface area contributed by atoms with Crippen molar-refractivity contribution in [2.45, 2.75) is 76.9 Å². The van der Waals surface area contributed by atoms with Crippen LogP contribution in [-0.2, 0) is 11.2 Å². The maximum atomic E-state index is 14.7. The molecule has 1 fully saturated rings. The summed E-state index contributed by atoms with van der Waals surface area (Å²) >= 11 is 0. The Kier molecular flexibility index (Phi) is 8.18. The monoisotopic (exact) mass is 552 g/mol. The molecule has 6 N–H and O–H groups in total. The summed E-state index contributed by atoms with van der Waals surface area (Å²) in [5.41, 5.74) is 7.56. The van der Waals surface area contributed by atoms with Crippen molar-refractivity contribution < 1.29 is 24.4 Å². The molecule has 0 aliphatic heterocycles. The zero-order chi connectivity index (χ0) is 28.4. The number of fused-ring (bicyclic) bond motifs is 2. The van der Waals surface area contributed by atoms with Crippen molar-refractivity contribution in [3.05, 3.63) is 59.8 Å². The predicted octanol–water partition coefficient (Wildman–Crippen LogP) is 3.74. The minimum Gasteiger partial charge on any atom is -0.390 e. The van der Waals surface area contributed by atoms with Gasteiger partial charge in [0.05, 0.1) is 30.0 Å². The minimum absolute atomic E-state index is 0.0202. The molecule has 1 aliphatic carbocycles. The second-order valence-corrected chi connectivity index (χ2v) is 11.0. The van der Waals surface area contributed by atoms with Crippen molar-refractivity contribution >= 4 is 28.1 Å². The van der Waals surface area contributed by atoms with Gasteiger partial charge in [0.15, 0.2) is 11.6 Å². The molecule has 0 radical (unpaired) electrons. The number of anilines is 2. The van der Waals surface area contributed by atoms with Gasteiger partial charge in [0.25, 0.3) is 0 Å². The summed E-state index contributed by atoms with van der Waals surface area (Å²) in [5, 5.41) is 40.2. The van der Waals surface area contributed by atoms with Gasteiger partial charge in [-0.2, -0.15) is 5.10 Å². The van der Waals surface area contributed by atoms with Crippen LogP contribution in [0.3, 0.4) is 0 Å². The lowest BCUT2D eigenvalue weighted by Gasteiger charge is -2.28. The Balaban J connectivity index is 1.28. The number of rotatable bonds is 11. The van der Waals surface area contributed by atoms with Gasteiger partial charge in [0.1, 0.15) is 17.7 Å². The van der Waals surface area contributed by atoms with E-state index in [1.807, 2.05) is 31.2 Å². The molecule has 0 amide bonds. The molecule has 10 nitrogen and oxygen atoms in total. The van der Waals surface area contributed by atoms with Crippen LogP contribution in [0.4, 0.5) is 16.0 Å². The Morgan fingerprint density at radius 2 is 2.02 bits per heavy atom. The van der Waals surface area contributed by atoms with Crippen LogP contribution < -0.4 is 11.1 Å². The fraction of sp³-hybridized carbons (Fsp3) is 0.483. The number of pyridine rings is 1. The Morgan fingerprint density at radius 1 is 1.23 bits per heavy atom. The van der Waals surface area contributed by atoms with Crippen LogP contribution in [0, 0.1) is 11.2 Å². The number of aliphatic hydroxyl groups is 3. The summed E-state index contributed by atoms with van der Waals surface area (Å²) in [4.78, 5) is 8.49. The molecule has 40 heavy (non-hydrogen) atoms. The van der Waals surface area contributed by atoms with Crippen molar-refractivity contribution in [3.63, 3.8) is 0 Å². The molecule has 4 aromatic rings. The number of hydrogen-bond acceptors (Lipinski definition) is 9. The fourth-order valence-corrected chi connectivity index (χ4v) is 5.76. The van der Waals surface area contributed by atoms with E-state index >= 15 is 0 Å². The van der Waals surface area contributed by atoms with E-state index in [1.165, 1.54) is 16.9 Å². The van der Waals surface area contributed by atoms with Gasteiger partial charge in [0, 0.05) is 11.3 Å². The Hall–Kier alpha value is -3.38. The number of nitrogen functional groups attached to an aromatic ring is 1. The molecule has 5 atom stereocenters. The van der Waals surface area contributed by atoms with Crippen LogP contribution in [-0.4, -0.2) is 60.1 Å². The van der Waals surface area contributed by atoms with E-state index in [0.29, 0.717) is 37.4 Å². The van der Waals surface area contributed by atoms with Crippen LogP contribution >= 0.6 is 0 Å². The zero-order valence-corrected chi connectivity index (χ0v) is 22.8. The van der Waals surface area contributed by atoms with E-state index in [9.17, 15) is 19.7 Å². The quantitative estimate of drug-likeness (QED) is 0.138. The van der Waals surface area contributed by atoms with E-state index in [0.717, 1.165) is 35.7 Å². The SMILES string of the molecule is CCCCCOC(O)Nc1ccc2ccc(CC[C@@]3(C)C[C@@H](c4cc(F)c5c(N)ncnn45)[C@H](O)[C@@H]3O)cc2n1. The van der Waals surface area contributed by atoms with Gasteiger partial charge in [-0.3, -0.25) is 0 Å². The smallest absolute Gasteiger partial charge is 0.236 e. The second kappa shape index (κ2) is 11.6. The van der Waals surface area contributed by atoms with Gasteiger partial charge in [-0.15, -0.1) is 0 Å². The first kappa shape index (κ1) is 28.2. The highest BCUT2D eigenvalue weighted by Crippen LogP contribution is 2.49. The summed E-state index contributed by atoms with van der Waals surface area (Å²) < 4.78 is 21.4. The number of aromatic nitrogens is 4. The molecule has 11 heteroatoms. The molecular formula is C29H37FN6O4. The van der Waals surface area contributed by atoms with Gasteiger partial charge < -0.3 is 31.1 Å². The molecule has 1 aromatic carbocycles. The number of hydrogen-bond donors (Lipinski definition) is 5. The third-order valence-corrected chi connectivity index (χ3v) is 8.12. The second-order valence-electron chi connectivity index (χ2n) is 11.0. The summed E-state index contributed by atoms with van der Waals surface area (Å²) in [6.45, 7) is 4.52. The number of nitrogens with zero attached hydrogens (tertiary/aromatic N) is 4. The first-order valence-corrected chi connectivity index (χ1v) is 13.8. The minimum atomic E-state index is -1.14. The van der Waals surface area contributed by atoms with E-state index in [2.05, 4.69) is 27.3 Å². The number of aliphatic hydroxyl groups excluding tert-OH is 3. The Bertz CT molecular complexity index is 1480. The zero-order valence-electron chi connectivity index (χ0n) is 22.8. The highest BCUT2D eigenvalue weighted by Gasteiger charge is 2.50. The van der Waals surface area contributed by atoms with Crippen molar-refractivity contribution in [2.24, 2.45) is 5.41 Å². The average molecular weight is 553 g/mol. The third-order valence-electron chi connectivity index (χ3n) is 8.12. The fourth-order valence-electron chi connectivity index (χ4n) is 5.76. The van der Waals surface area contributed by atoms with Gasteiger partial charge in [-0.05, 0) is 60.9 Å². The first-order chi connectivity index (χ1) is 19.2. The van der Waals surface area contributed by atoms with E-state index < -0.39 is 35.8 Å². The van der Waals surface area contributed by atoms with Crippen LogP contribution in [0.15, 0.2) is 42.7 Å². The van der Waals surface area contributed by atoms with Crippen LogP contribution in [0.5, 0.6) is 0 Å².